The van der Waals surface area contributed by atoms with Gasteiger partial charge in [-0.3, -0.25) is 4.79 Å². The van der Waals surface area contributed by atoms with Crippen molar-refractivity contribution < 1.29 is 4.79 Å². The van der Waals surface area contributed by atoms with E-state index in [1.165, 1.54) is 45.2 Å². The average molecular weight is 338 g/mol. The Hall–Kier alpha value is -0.0300. The molecule has 1 aliphatic carbocycles. The minimum atomic E-state index is 0. The number of hydrogen-bond acceptors (Lipinski definition) is 3. The van der Waals surface area contributed by atoms with Gasteiger partial charge in [0.25, 0.3) is 0 Å². The molecule has 21 heavy (non-hydrogen) atoms. The zero-order valence-electron chi connectivity index (χ0n) is 12.7. The number of nitrogens with one attached hydrogen (secondary N) is 2. The van der Waals surface area contributed by atoms with Gasteiger partial charge in [-0.1, -0.05) is 0 Å². The molecule has 124 valence electrons. The maximum Gasteiger partial charge on any atom is 0.220 e. The van der Waals surface area contributed by atoms with E-state index in [1.807, 2.05) is 0 Å². The molecule has 3 rings (SSSR count). The van der Waals surface area contributed by atoms with E-state index in [1.54, 1.807) is 0 Å². The summed E-state index contributed by atoms with van der Waals surface area (Å²) in [4.78, 5) is 14.4. The number of halogens is 2. The summed E-state index contributed by atoms with van der Waals surface area (Å²) >= 11 is 0. The smallest absolute Gasteiger partial charge is 0.220 e. The molecule has 1 saturated carbocycles. The van der Waals surface area contributed by atoms with E-state index >= 15 is 0 Å². The molecule has 3 fully saturated rings. The van der Waals surface area contributed by atoms with E-state index in [9.17, 15) is 4.79 Å². The minimum Gasteiger partial charge on any atom is -0.356 e. The van der Waals surface area contributed by atoms with Gasteiger partial charge >= 0.3 is 0 Å². The van der Waals surface area contributed by atoms with Crippen molar-refractivity contribution in [2.45, 2.75) is 57.0 Å². The van der Waals surface area contributed by atoms with Crippen LogP contribution in [-0.4, -0.2) is 49.1 Å². The van der Waals surface area contributed by atoms with Crippen molar-refractivity contribution in [3.8, 4) is 0 Å². The highest BCUT2D eigenvalue weighted by Crippen LogP contribution is 2.31. The van der Waals surface area contributed by atoms with Crippen LogP contribution in [0, 0.1) is 5.92 Å². The third-order valence-electron chi connectivity index (χ3n) is 4.85. The molecule has 0 aromatic rings. The fourth-order valence-corrected chi connectivity index (χ4v) is 3.46. The van der Waals surface area contributed by atoms with Gasteiger partial charge in [0.1, 0.15) is 0 Å². The normalized spacial score (nSPS) is 28.8. The molecule has 2 atom stereocenters. The topological polar surface area (TPSA) is 44.4 Å². The Kier molecular flexibility index (Phi) is 8.32. The highest BCUT2D eigenvalue weighted by molar-refractivity contribution is 5.85. The van der Waals surface area contributed by atoms with E-state index < -0.39 is 0 Å². The number of carbonyl (C=O) groups excluding carboxylic acids is 1. The lowest BCUT2D eigenvalue weighted by atomic mass is 10.1. The molecular formula is C15H29Cl2N3O. The van der Waals surface area contributed by atoms with E-state index in [2.05, 4.69) is 15.5 Å². The lowest BCUT2D eigenvalue weighted by Crippen LogP contribution is -2.32. The van der Waals surface area contributed by atoms with Crippen LogP contribution in [0.2, 0.25) is 0 Å². The third-order valence-corrected chi connectivity index (χ3v) is 4.85. The van der Waals surface area contributed by atoms with Crippen LogP contribution < -0.4 is 10.6 Å². The number of rotatable bonds is 6. The summed E-state index contributed by atoms with van der Waals surface area (Å²) in [7, 11) is 0. The van der Waals surface area contributed by atoms with Crippen LogP contribution in [0.3, 0.4) is 0 Å². The molecule has 2 unspecified atom stereocenters. The number of amides is 1. The second-order valence-electron chi connectivity index (χ2n) is 6.52. The summed E-state index contributed by atoms with van der Waals surface area (Å²) in [5.74, 6) is 0.938. The average Bonchev–Trinajstić information content (AvgIpc) is 2.95. The fraction of sp³-hybridized carbons (Fsp3) is 0.933. The predicted octanol–water partition coefficient (Wildman–Crippen LogP) is 1.96. The maximum absolute atomic E-state index is 11.8. The molecule has 0 radical (unpaired) electrons. The lowest BCUT2D eigenvalue weighted by Gasteiger charge is -2.15. The molecule has 2 heterocycles. The van der Waals surface area contributed by atoms with E-state index in [4.69, 9.17) is 0 Å². The summed E-state index contributed by atoms with van der Waals surface area (Å²) in [6.45, 7) is 4.47. The summed E-state index contributed by atoms with van der Waals surface area (Å²) in [5, 5.41) is 6.58. The quantitative estimate of drug-likeness (QED) is 0.778. The highest BCUT2D eigenvalue weighted by Gasteiger charge is 2.34. The van der Waals surface area contributed by atoms with Crippen molar-refractivity contribution in [1.29, 1.82) is 0 Å². The Labute approximate surface area is 140 Å². The number of nitrogens with zero attached hydrogens (tertiary/aromatic N) is 1. The van der Waals surface area contributed by atoms with Gasteiger partial charge < -0.3 is 15.5 Å². The highest BCUT2D eigenvalue weighted by atomic mass is 35.5. The zero-order chi connectivity index (χ0) is 13.1. The van der Waals surface area contributed by atoms with Crippen LogP contribution in [0.25, 0.3) is 0 Å². The Morgan fingerprint density at radius 2 is 2.00 bits per heavy atom. The SMILES string of the molecule is Cl.Cl.O=C(CCC1CCCN1)NCC1CCN(C2CC2)C1. The molecule has 2 N–H and O–H groups in total. The standard InChI is InChI=1S/C15H27N3O.2ClH/c19-15(6-3-13-2-1-8-16-13)17-10-12-7-9-18(11-12)14-4-5-14;;/h12-14,16H,1-11H2,(H,17,19);2*1H. The molecule has 6 heteroatoms. The van der Waals surface area contributed by atoms with Crippen LogP contribution in [0.1, 0.15) is 44.9 Å². The van der Waals surface area contributed by atoms with E-state index in [-0.39, 0.29) is 30.7 Å². The molecule has 1 amide bonds. The second-order valence-corrected chi connectivity index (χ2v) is 6.52. The molecule has 2 aliphatic heterocycles. The predicted molar refractivity (Wildman–Crippen MR) is 90.5 cm³/mol. The van der Waals surface area contributed by atoms with Crippen LogP contribution >= 0.6 is 24.8 Å². The number of likely N-dealkylation sites (tertiary alicyclic amines) is 1. The van der Waals surface area contributed by atoms with Gasteiger partial charge in [0.2, 0.25) is 5.91 Å². The van der Waals surface area contributed by atoms with Crippen molar-refractivity contribution in [3.63, 3.8) is 0 Å². The van der Waals surface area contributed by atoms with Gasteiger partial charge in [0, 0.05) is 31.6 Å². The summed E-state index contributed by atoms with van der Waals surface area (Å²) in [5.41, 5.74) is 0. The zero-order valence-corrected chi connectivity index (χ0v) is 14.3. The Morgan fingerprint density at radius 1 is 1.19 bits per heavy atom. The van der Waals surface area contributed by atoms with Crippen molar-refractivity contribution >= 4 is 30.7 Å². The van der Waals surface area contributed by atoms with Gasteiger partial charge in [-0.2, -0.15) is 0 Å². The van der Waals surface area contributed by atoms with Crippen LogP contribution in [-0.2, 0) is 4.79 Å². The van der Waals surface area contributed by atoms with E-state index in [0.29, 0.717) is 18.4 Å². The van der Waals surface area contributed by atoms with E-state index in [0.717, 1.165) is 25.6 Å². The van der Waals surface area contributed by atoms with Crippen molar-refractivity contribution in [1.82, 2.24) is 15.5 Å². The fourth-order valence-electron chi connectivity index (χ4n) is 3.46. The molecule has 0 bridgehead atoms. The number of hydrogen-bond donors (Lipinski definition) is 2. The molecule has 3 aliphatic rings. The molecule has 0 spiro atoms. The van der Waals surface area contributed by atoms with Gasteiger partial charge in [-0.15, -0.1) is 24.8 Å². The second kappa shape index (κ2) is 9.19. The van der Waals surface area contributed by atoms with Crippen molar-refractivity contribution in [3.05, 3.63) is 0 Å². The van der Waals surface area contributed by atoms with Crippen molar-refractivity contribution in [2.75, 3.05) is 26.2 Å². The first kappa shape index (κ1) is 19.0. The monoisotopic (exact) mass is 337 g/mol. The molecule has 4 nitrogen and oxygen atoms in total. The van der Waals surface area contributed by atoms with Crippen molar-refractivity contribution in [2.24, 2.45) is 5.92 Å². The van der Waals surface area contributed by atoms with Gasteiger partial charge in [0.05, 0.1) is 0 Å². The van der Waals surface area contributed by atoms with Crippen LogP contribution in [0.4, 0.5) is 0 Å². The first-order valence-electron chi connectivity index (χ1n) is 8.05. The Balaban J connectivity index is 0.00000110. The molecule has 0 aromatic heterocycles. The Bertz CT molecular complexity index is 320. The number of carbonyl (C=O) groups is 1. The molecule has 0 aromatic carbocycles. The van der Waals surface area contributed by atoms with Gasteiger partial charge in [-0.25, -0.2) is 0 Å². The third kappa shape index (κ3) is 5.93. The largest absolute Gasteiger partial charge is 0.356 e. The summed E-state index contributed by atoms with van der Waals surface area (Å²) in [6.07, 6.45) is 8.26. The lowest BCUT2D eigenvalue weighted by molar-refractivity contribution is -0.121. The Morgan fingerprint density at radius 3 is 2.67 bits per heavy atom. The van der Waals surface area contributed by atoms with Crippen LogP contribution in [0.15, 0.2) is 0 Å². The summed E-state index contributed by atoms with van der Waals surface area (Å²) < 4.78 is 0. The summed E-state index contributed by atoms with van der Waals surface area (Å²) in [6, 6.07) is 1.47. The molecule has 2 saturated heterocycles. The first-order valence-corrected chi connectivity index (χ1v) is 8.05. The van der Waals surface area contributed by atoms with Crippen LogP contribution in [0.5, 0.6) is 0 Å². The van der Waals surface area contributed by atoms with Gasteiger partial charge in [-0.05, 0) is 57.5 Å². The van der Waals surface area contributed by atoms with Gasteiger partial charge in [0.15, 0.2) is 0 Å². The molecular weight excluding hydrogens is 309 g/mol. The maximum atomic E-state index is 11.8. The minimum absolute atomic E-state index is 0. The first-order chi connectivity index (χ1) is 9.31.